The van der Waals surface area contributed by atoms with E-state index < -0.39 is 21.3 Å². The van der Waals surface area contributed by atoms with Gasteiger partial charge in [0.1, 0.15) is 6.54 Å². The van der Waals surface area contributed by atoms with E-state index in [-0.39, 0.29) is 35.1 Å². The van der Waals surface area contributed by atoms with Crippen LogP contribution in [0, 0.1) is 6.92 Å². The highest BCUT2D eigenvalue weighted by Gasteiger charge is 2.22. The monoisotopic (exact) mass is 486 g/mol. The molecule has 1 unspecified atom stereocenters. The summed E-state index contributed by atoms with van der Waals surface area (Å²) in [6.07, 6.45) is 2.51. The topological polar surface area (TPSA) is 116 Å². The molecule has 0 fully saturated rings. The second-order valence-electron chi connectivity index (χ2n) is 7.87. The van der Waals surface area contributed by atoms with Gasteiger partial charge in [-0.15, -0.1) is 0 Å². The fourth-order valence-corrected chi connectivity index (χ4v) is 4.53. The zero-order valence-electron chi connectivity index (χ0n) is 18.1. The SMILES string of the molecule is Cc1cc(Cl)ccc1C(CC(=O)c1ccc(=O)n(CC(N)=O)c1)c1ccc(S(C)(=O)=O)cc1. The Balaban J connectivity index is 2.02. The van der Waals surface area contributed by atoms with Crippen molar-refractivity contribution in [3.63, 3.8) is 0 Å². The van der Waals surface area contributed by atoms with E-state index in [1.165, 1.54) is 30.5 Å². The van der Waals surface area contributed by atoms with Gasteiger partial charge in [-0.3, -0.25) is 14.4 Å². The van der Waals surface area contributed by atoms with E-state index in [0.29, 0.717) is 5.02 Å². The van der Waals surface area contributed by atoms with Gasteiger partial charge in [-0.2, -0.15) is 0 Å². The Morgan fingerprint density at radius 1 is 1.06 bits per heavy atom. The number of carbonyl (C=O) groups excluding carboxylic acids is 2. The number of hydrogen-bond donors (Lipinski definition) is 1. The Labute approximate surface area is 196 Å². The van der Waals surface area contributed by atoms with Gasteiger partial charge in [0, 0.05) is 41.4 Å². The molecule has 1 amide bonds. The van der Waals surface area contributed by atoms with Crippen LogP contribution < -0.4 is 11.3 Å². The molecule has 0 saturated heterocycles. The first-order valence-electron chi connectivity index (χ1n) is 10.0. The van der Waals surface area contributed by atoms with Crippen molar-refractivity contribution in [2.75, 3.05) is 6.26 Å². The zero-order chi connectivity index (χ0) is 24.3. The molecule has 1 heterocycles. The van der Waals surface area contributed by atoms with Crippen molar-refractivity contribution in [2.45, 2.75) is 30.7 Å². The number of hydrogen-bond acceptors (Lipinski definition) is 5. The number of ketones is 1. The first kappa shape index (κ1) is 24.4. The predicted octanol–water partition coefficient (Wildman–Crippen LogP) is 3.10. The third-order valence-electron chi connectivity index (χ3n) is 5.34. The number of Topliss-reactive ketones (excluding diaryl/α,β-unsaturated/α-hetero) is 1. The van der Waals surface area contributed by atoms with Crippen LogP contribution in [0.5, 0.6) is 0 Å². The molecule has 3 rings (SSSR count). The van der Waals surface area contributed by atoms with E-state index in [0.717, 1.165) is 27.5 Å². The number of nitrogens with two attached hydrogens (primary N) is 1. The molecule has 0 bridgehead atoms. The number of carbonyl (C=O) groups is 2. The Morgan fingerprint density at radius 3 is 2.30 bits per heavy atom. The zero-order valence-corrected chi connectivity index (χ0v) is 19.7. The first-order chi connectivity index (χ1) is 15.5. The van der Waals surface area contributed by atoms with Gasteiger partial charge >= 0.3 is 0 Å². The molecule has 33 heavy (non-hydrogen) atoms. The lowest BCUT2D eigenvalue weighted by Crippen LogP contribution is -2.28. The van der Waals surface area contributed by atoms with Crippen molar-refractivity contribution in [1.82, 2.24) is 4.57 Å². The van der Waals surface area contributed by atoms with Gasteiger partial charge in [-0.05, 0) is 53.9 Å². The summed E-state index contributed by atoms with van der Waals surface area (Å²) in [4.78, 5) is 36.6. The van der Waals surface area contributed by atoms with Crippen LogP contribution in [0.1, 0.15) is 39.4 Å². The maximum absolute atomic E-state index is 13.2. The summed E-state index contributed by atoms with van der Waals surface area (Å²) in [6.45, 7) is 1.56. The van der Waals surface area contributed by atoms with Gasteiger partial charge in [0.25, 0.3) is 5.56 Å². The fourth-order valence-electron chi connectivity index (χ4n) is 3.68. The summed E-state index contributed by atoms with van der Waals surface area (Å²) >= 11 is 6.11. The highest BCUT2D eigenvalue weighted by Crippen LogP contribution is 2.33. The predicted molar refractivity (Wildman–Crippen MR) is 126 cm³/mol. The molecule has 9 heteroatoms. The molecule has 0 aliphatic heterocycles. The van der Waals surface area contributed by atoms with Crippen LogP contribution in [-0.2, 0) is 21.2 Å². The molecular weight excluding hydrogens is 464 g/mol. The number of primary amides is 1. The van der Waals surface area contributed by atoms with E-state index in [4.69, 9.17) is 17.3 Å². The Bertz CT molecular complexity index is 1380. The third kappa shape index (κ3) is 5.97. The number of sulfone groups is 1. The molecule has 0 aliphatic rings. The number of nitrogens with zero attached hydrogens (tertiary/aromatic N) is 1. The second kappa shape index (κ2) is 9.72. The first-order valence-corrected chi connectivity index (χ1v) is 12.3. The van der Waals surface area contributed by atoms with Crippen LogP contribution in [-0.4, -0.2) is 30.9 Å². The van der Waals surface area contributed by atoms with Gasteiger partial charge < -0.3 is 10.3 Å². The lowest BCUT2D eigenvalue weighted by atomic mass is 9.84. The van der Waals surface area contributed by atoms with Crippen molar-refractivity contribution in [3.8, 4) is 0 Å². The van der Waals surface area contributed by atoms with Crippen molar-refractivity contribution in [1.29, 1.82) is 0 Å². The van der Waals surface area contributed by atoms with Crippen LogP contribution in [0.3, 0.4) is 0 Å². The maximum atomic E-state index is 13.2. The molecule has 0 saturated carbocycles. The van der Waals surface area contributed by atoms with E-state index in [9.17, 15) is 22.8 Å². The Hall–Kier alpha value is -3.23. The molecule has 0 spiro atoms. The molecule has 0 aliphatic carbocycles. The molecule has 1 aromatic heterocycles. The van der Waals surface area contributed by atoms with E-state index in [1.54, 1.807) is 24.3 Å². The smallest absolute Gasteiger partial charge is 0.251 e. The summed E-state index contributed by atoms with van der Waals surface area (Å²) in [7, 11) is -3.36. The summed E-state index contributed by atoms with van der Waals surface area (Å²) in [5.74, 6) is -1.33. The van der Waals surface area contributed by atoms with Gasteiger partial charge in [0.15, 0.2) is 15.6 Å². The molecule has 3 aromatic rings. The van der Waals surface area contributed by atoms with E-state index >= 15 is 0 Å². The molecular formula is C24H23ClN2O5S. The van der Waals surface area contributed by atoms with Crippen LogP contribution >= 0.6 is 11.6 Å². The van der Waals surface area contributed by atoms with Crippen LogP contribution in [0.4, 0.5) is 0 Å². The number of amides is 1. The molecule has 2 N–H and O–H groups in total. The fraction of sp³-hybridized carbons (Fsp3) is 0.208. The van der Waals surface area contributed by atoms with Crippen LogP contribution in [0.15, 0.2) is 70.5 Å². The third-order valence-corrected chi connectivity index (χ3v) is 6.70. The largest absolute Gasteiger partial charge is 0.368 e. The van der Waals surface area contributed by atoms with Crippen molar-refractivity contribution < 1.29 is 18.0 Å². The second-order valence-corrected chi connectivity index (χ2v) is 10.3. The van der Waals surface area contributed by atoms with Crippen molar-refractivity contribution in [3.05, 3.63) is 98.4 Å². The minimum absolute atomic E-state index is 0.0511. The molecule has 0 radical (unpaired) electrons. The van der Waals surface area contributed by atoms with Gasteiger partial charge in [0.05, 0.1) is 4.90 Å². The summed E-state index contributed by atoms with van der Waals surface area (Å²) in [6, 6.07) is 14.4. The quantitative estimate of drug-likeness (QED) is 0.491. The molecule has 172 valence electrons. The molecule has 1 atom stereocenters. The van der Waals surface area contributed by atoms with Gasteiger partial charge in [0.2, 0.25) is 5.91 Å². The number of benzene rings is 2. The molecule has 7 nitrogen and oxygen atoms in total. The summed E-state index contributed by atoms with van der Waals surface area (Å²) in [5, 5.41) is 0.562. The number of pyridine rings is 1. The highest BCUT2D eigenvalue weighted by atomic mass is 35.5. The lowest BCUT2D eigenvalue weighted by Gasteiger charge is -2.20. The van der Waals surface area contributed by atoms with E-state index in [2.05, 4.69) is 0 Å². The van der Waals surface area contributed by atoms with Gasteiger partial charge in [-0.1, -0.05) is 29.8 Å². The van der Waals surface area contributed by atoms with Crippen LogP contribution in [0.25, 0.3) is 0 Å². The normalized spacial score (nSPS) is 12.3. The Kier molecular flexibility index (Phi) is 7.19. The average Bonchev–Trinajstić information content (AvgIpc) is 2.73. The minimum atomic E-state index is -3.36. The van der Waals surface area contributed by atoms with Crippen molar-refractivity contribution >= 4 is 33.1 Å². The summed E-state index contributed by atoms with van der Waals surface area (Å²) < 4.78 is 24.8. The maximum Gasteiger partial charge on any atom is 0.251 e. The highest BCUT2D eigenvalue weighted by molar-refractivity contribution is 7.90. The van der Waals surface area contributed by atoms with Crippen molar-refractivity contribution in [2.24, 2.45) is 5.73 Å². The standard InChI is InChI=1S/C24H23ClN2O5S/c1-15-11-18(25)6-9-20(15)21(16-3-7-19(8-4-16)33(2,31)32)12-22(28)17-5-10-24(30)27(13-17)14-23(26)29/h3-11,13,21H,12,14H2,1-2H3,(H2,26,29). The Morgan fingerprint density at radius 2 is 1.73 bits per heavy atom. The van der Waals surface area contributed by atoms with Crippen LogP contribution in [0.2, 0.25) is 5.02 Å². The number of halogens is 1. The summed E-state index contributed by atoms with van der Waals surface area (Å²) in [5.41, 5.74) is 7.52. The number of aromatic nitrogens is 1. The van der Waals surface area contributed by atoms with Gasteiger partial charge in [-0.25, -0.2) is 8.42 Å². The lowest BCUT2D eigenvalue weighted by molar-refractivity contribution is -0.118. The number of rotatable bonds is 8. The average molecular weight is 487 g/mol. The molecule has 2 aromatic carbocycles. The number of aryl methyl sites for hydroxylation is 1. The minimum Gasteiger partial charge on any atom is -0.368 e. The van der Waals surface area contributed by atoms with E-state index in [1.807, 2.05) is 13.0 Å².